The van der Waals surface area contributed by atoms with Crippen LogP contribution in [0.5, 0.6) is 11.5 Å². The first-order chi connectivity index (χ1) is 11.3. The molecule has 1 atom stereocenters. The van der Waals surface area contributed by atoms with Crippen LogP contribution in [0.4, 0.5) is 4.79 Å². The van der Waals surface area contributed by atoms with E-state index < -0.39 is 0 Å². The van der Waals surface area contributed by atoms with Crippen molar-refractivity contribution in [2.45, 2.75) is 25.3 Å². The minimum absolute atomic E-state index is 0.0557. The molecule has 1 unspecified atom stereocenters. The maximum atomic E-state index is 12.4. The van der Waals surface area contributed by atoms with E-state index in [1.807, 2.05) is 48.5 Å². The van der Waals surface area contributed by atoms with E-state index in [0.29, 0.717) is 18.9 Å². The summed E-state index contributed by atoms with van der Waals surface area (Å²) in [4.78, 5) is 14.2. The fourth-order valence-corrected chi connectivity index (χ4v) is 2.77. The third kappa shape index (κ3) is 4.25. The Balaban J connectivity index is 1.60. The van der Waals surface area contributed by atoms with Gasteiger partial charge >= 0.3 is 6.09 Å². The van der Waals surface area contributed by atoms with E-state index in [2.05, 4.69) is 0 Å². The summed E-state index contributed by atoms with van der Waals surface area (Å²) in [7, 11) is 0. The highest BCUT2D eigenvalue weighted by Gasteiger charge is 2.28. The average Bonchev–Trinajstić information content (AvgIpc) is 2.62. The van der Waals surface area contributed by atoms with Crippen molar-refractivity contribution in [3.63, 3.8) is 0 Å². The molecule has 2 aromatic carbocycles. The lowest BCUT2D eigenvalue weighted by Gasteiger charge is -2.34. The minimum Gasteiger partial charge on any atom is -0.491 e. The Kier molecular flexibility index (Phi) is 5.14. The molecule has 4 heteroatoms. The Morgan fingerprint density at radius 3 is 2.30 bits per heavy atom. The number of amides is 1. The van der Waals surface area contributed by atoms with Gasteiger partial charge in [-0.15, -0.1) is 0 Å². The quantitative estimate of drug-likeness (QED) is 0.852. The van der Waals surface area contributed by atoms with Gasteiger partial charge in [0.15, 0.2) is 0 Å². The topological polar surface area (TPSA) is 38.8 Å². The summed E-state index contributed by atoms with van der Waals surface area (Å²) in [5.41, 5.74) is 0. The van der Waals surface area contributed by atoms with E-state index in [1.165, 1.54) is 0 Å². The highest BCUT2D eigenvalue weighted by molar-refractivity contribution is 5.71. The Labute approximate surface area is 136 Å². The number of nitrogens with zero attached hydrogens (tertiary/aromatic N) is 1. The first-order valence-corrected chi connectivity index (χ1v) is 8.04. The van der Waals surface area contributed by atoms with Gasteiger partial charge in [0.05, 0.1) is 6.04 Å². The van der Waals surface area contributed by atoms with Gasteiger partial charge < -0.3 is 14.4 Å². The molecule has 2 aromatic rings. The van der Waals surface area contributed by atoms with Crippen molar-refractivity contribution < 1.29 is 14.3 Å². The molecule has 0 N–H and O–H groups in total. The van der Waals surface area contributed by atoms with E-state index >= 15 is 0 Å². The molecule has 0 aromatic heterocycles. The third-order valence-corrected chi connectivity index (χ3v) is 4.00. The van der Waals surface area contributed by atoms with Crippen LogP contribution in [0.25, 0.3) is 0 Å². The Morgan fingerprint density at radius 1 is 0.957 bits per heavy atom. The third-order valence-electron chi connectivity index (χ3n) is 4.00. The average molecular weight is 311 g/mol. The van der Waals surface area contributed by atoms with Crippen molar-refractivity contribution in [1.82, 2.24) is 4.90 Å². The van der Waals surface area contributed by atoms with Crippen LogP contribution in [0.3, 0.4) is 0 Å². The minimum atomic E-state index is -0.294. The van der Waals surface area contributed by atoms with Gasteiger partial charge in [-0.3, -0.25) is 0 Å². The predicted molar refractivity (Wildman–Crippen MR) is 88.7 cm³/mol. The van der Waals surface area contributed by atoms with Crippen molar-refractivity contribution in [3.8, 4) is 11.5 Å². The van der Waals surface area contributed by atoms with E-state index in [0.717, 1.165) is 25.0 Å². The van der Waals surface area contributed by atoms with Crippen LogP contribution < -0.4 is 9.47 Å². The molecule has 120 valence electrons. The first-order valence-electron chi connectivity index (χ1n) is 8.04. The summed E-state index contributed by atoms with van der Waals surface area (Å²) < 4.78 is 11.3. The molecular formula is C19H21NO3. The second-order valence-electron chi connectivity index (χ2n) is 5.65. The molecule has 1 amide bonds. The molecular weight excluding hydrogens is 290 g/mol. The Hall–Kier alpha value is -2.49. The number of carbonyl (C=O) groups excluding carboxylic acids is 1. The second-order valence-corrected chi connectivity index (χ2v) is 5.65. The Morgan fingerprint density at radius 2 is 1.61 bits per heavy atom. The standard InChI is InChI=1S/C19H21NO3/c21-19(23-18-12-5-2-6-13-18)20-14-8-7-9-16(20)15-22-17-10-3-1-4-11-17/h1-6,10-13,16H,7-9,14-15H2. The molecule has 1 saturated heterocycles. The fourth-order valence-electron chi connectivity index (χ4n) is 2.77. The molecule has 0 saturated carbocycles. The number of hydrogen-bond donors (Lipinski definition) is 0. The zero-order valence-electron chi connectivity index (χ0n) is 13.1. The van der Waals surface area contributed by atoms with Crippen molar-refractivity contribution >= 4 is 6.09 Å². The van der Waals surface area contributed by atoms with Crippen LogP contribution in [0.2, 0.25) is 0 Å². The smallest absolute Gasteiger partial charge is 0.415 e. The maximum Gasteiger partial charge on any atom is 0.415 e. The number of piperidine rings is 1. The van der Waals surface area contributed by atoms with Gasteiger partial charge in [-0.2, -0.15) is 0 Å². The van der Waals surface area contributed by atoms with Crippen LogP contribution in [0.15, 0.2) is 60.7 Å². The number of rotatable bonds is 4. The fraction of sp³-hybridized carbons (Fsp3) is 0.316. The maximum absolute atomic E-state index is 12.4. The Bertz CT molecular complexity index is 615. The number of likely N-dealkylation sites (tertiary alicyclic amines) is 1. The first kappa shape index (κ1) is 15.4. The highest BCUT2D eigenvalue weighted by atomic mass is 16.6. The molecule has 1 aliphatic heterocycles. The van der Waals surface area contributed by atoms with Gasteiger partial charge in [0, 0.05) is 6.54 Å². The van der Waals surface area contributed by atoms with Crippen molar-refractivity contribution in [2.24, 2.45) is 0 Å². The van der Waals surface area contributed by atoms with Crippen LogP contribution in [0.1, 0.15) is 19.3 Å². The lowest BCUT2D eigenvalue weighted by atomic mass is 10.0. The van der Waals surface area contributed by atoms with Crippen LogP contribution >= 0.6 is 0 Å². The lowest BCUT2D eigenvalue weighted by Crippen LogP contribution is -2.47. The van der Waals surface area contributed by atoms with Gasteiger partial charge in [0.25, 0.3) is 0 Å². The summed E-state index contributed by atoms with van der Waals surface area (Å²) >= 11 is 0. The van der Waals surface area contributed by atoms with Crippen LogP contribution in [0, 0.1) is 0 Å². The molecule has 4 nitrogen and oxygen atoms in total. The lowest BCUT2D eigenvalue weighted by molar-refractivity contribution is 0.0886. The summed E-state index contributed by atoms with van der Waals surface area (Å²) in [5, 5.41) is 0. The molecule has 3 rings (SSSR count). The number of para-hydroxylation sites is 2. The molecule has 1 heterocycles. The second kappa shape index (κ2) is 7.68. The number of hydrogen-bond acceptors (Lipinski definition) is 3. The zero-order chi connectivity index (χ0) is 15.9. The van der Waals surface area contributed by atoms with E-state index in [4.69, 9.17) is 9.47 Å². The molecule has 1 fully saturated rings. The van der Waals surface area contributed by atoms with E-state index in [1.54, 1.807) is 17.0 Å². The van der Waals surface area contributed by atoms with Gasteiger partial charge in [-0.05, 0) is 43.5 Å². The molecule has 0 aliphatic carbocycles. The summed E-state index contributed by atoms with van der Waals surface area (Å²) in [5.74, 6) is 1.40. The number of ether oxygens (including phenoxy) is 2. The largest absolute Gasteiger partial charge is 0.491 e. The number of benzene rings is 2. The van der Waals surface area contributed by atoms with Gasteiger partial charge in [0.1, 0.15) is 18.1 Å². The van der Waals surface area contributed by atoms with Crippen molar-refractivity contribution in [3.05, 3.63) is 60.7 Å². The van der Waals surface area contributed by atoms with E-state index in [-0.39, 0.29) is 12.1 Å². The SMILES string of the molecule is O=C(Oc1ccccc1)N1CCCCC1COc1ccccc1. The predicted octanol–water partition coefficient (Wildman–Crippen LogP) is 4.12. The summed E-state index contributed by atoms with van der Waals surface area (Å²) in [6, 6.07) is 18.9. The monoisotopic (exact) mass is 311 g/mol. The van der Waals surface area contributed by atoms with Gasteiger partial charge in [-0.1, -0.05) is 36.4 Å². The number of carbonyl (C=O) groups is 1. The summed E-state index contributed by atoms with van der Waals surface area (Å²) in [6.45, 7) is 1.21. The van der Waals surface area contributed by atoms with Crippen LogP contribution in [-0.4, -0.2) is 30.2 Å². The molecule has 23 heavy (non-hydrogen) atoms. The van der Waals surface area contributed by atoms with Crippen molar-refractivity contribution in [2.75, 3.05) is 13.2 Å². The van der Waals surface area contributed by atoms with Gasteiger partial charge in [-0.25, -0.2) is 4.79 Å². The van der Waals surface area contributed by atoms with Crippen LogP contribution in [-0.2, 0) is 0 Å². The molecule has 0 spiro atoms. The molecule has 0 radical (unpaired) electrons. The van der Waals surface area contributed by atoms with E-state index in [9.17, 15) is 4.79 Å². The van der Waals surface area contributed by atoms with Gasteiger partial charge in [0.2, 0.25) is 0 Å². The normalized spacial score (nSPS) is 17.6. The highest BCUT2D eigenvalue weighted by Crippen LogP contribution is 2.21. The van der Waals surface area contributed by atoms with Crippen molar-refractivity contribution in [1.29, 1.82) is 0 Å². The molecule has 0 bridgehead atoms. The summed E-state index contributed by atoms with van der Waals surface area (Å²) in [6.07, 6.45) is 2.76. The zero-order valence-corrected chi connectivity index (χ0v) is 13.1. The molecule has 1 aliphatic rings.